The van der Waals surface area contributed by atoms with Gasteiger partial charge in [-0.1, -0.05) is 49.2 Å². The molecule has 0 spiro atoms. The first-order valence-corrected chi connectivity index (χ1v) is 8.25. The number of pyridine rings is 1. The molecule has 0 bridgehead atoms. The highest BCUT2D eigenvalue weighted by Crippen LogP contribution is 2.14. The van der Waals surface area contributed by atoms with Crippen LogP contribution in [0.1, 0.15) is 30.9 Å². The molecule has 0 unspecified atom stereocenters. The Morgan fingerprint density at radius 1 is 1.17 bits per heavy atom. The van der Waals surface area contributed by atoms with Gasteiger partial charge in [-0.3, -0.25) is 14.2 Å². The number of carbonyl (C=O) groups is 1. The first kappa shape index (κ1) is 17.7. The number of aromatic nitrogens is 1. The lowest BCUT2D eigenvalue weighted by molar-refractivity contribution is -0.124. The van der Waals surface area contributed by atoms with Gasteiger partial charge in [0, 0.05) is 25.9 Å². The second-order valence-corrected chi connectivity index (χ2v) is 5.93. The highest BCUT2D eigenvalue weighted by atomic mass is 16.2. The van der Waals surface area contributed by atoms with Crippen molar-refractivity contribution in [3.63, 3.8) is 0 Å². The van der Waals surface area contributed by atoms with E-state index in [-0.39, 0.29) is 11.5 Å². The van der Waals surface area contributed by atoms with Crippen molar-refractivity contribution >= 4 is 17.7 Å². The fourth-order valence-corrected chi connectivity index (χ4v) is 2.37. The van der Waals surface area contributed by atoms with Crippen LogP contribution in [0.3, 0.4) is 0 Å². The summed E-state index contributed by atoms with van der Waals surface area (Å²) in [5, 5.41) is 0. The summed E-state index contributed by atoms with van der Waals surface area (Å²) in [5.74, 6) is -0.155. The number of nitrogens with zero attached hydrogens (tertiary/aromatic N) is 2. The van der Waals surface area contributed by atoms with Crippen molar-refractivity contribution in [2.24, 2.45) is 0 Å². The molecule has 0 saturated carbocycles. The topological polar surface area (TPSA) is 42.3 Å². The Kier molecular flexibility index (Phi) is 6.13. The van der Waals surface area contributed by atoms with Crippen LogP contribution < -0.4 is 5.56 Å². The van der Waals surface area contributed by atoms with E-state index < -0.39 is 0 Å². The summed E-state index contributed by atoms with van der Waals surface area (Å²) in [7, 11) is 1.77. The predicted octanol–water partition coefficient (Wildman–Crippen LogP) is 3.41. The number of benzene rings is 1. The maximum Gasteiger partial charge on any atom is 0.270 e. The Bertz CT molecular complexity index is 773. The van der Waals surface area contributed by atoms with Crippen LogP contribution in [-0.2, 0) is 4.79 Å². The van der Waals surface area contributed by atoms with Gasteiger partial charge in [0.05, 0.1) is 0 Å². The largest absolute Gasteiger partial charge is 0.340 e. The van der Waals surface area contributed by atoms with E-state index in [0.29, 0.717) is 12.2 Å². The van der Waals surface area contributed by atoms with E-state index in [0.717, 1.165) is 24.0 Å². The molecule has 1 amide bonds. The summed E-state index contributed by atoms with van der Waals surface area (Å²) in [6.07, 6.45) is 5.35. The Balaban J connectivity index is 2.45. The van der Waals surface area contributed by atoms with Gasteiger partial charge >= 0.3 is 0 Å². The monoisotopic (exact) mass is 324 g/mol. The lowest BCUT2D eigenvalue weighted by Gasteiger charge is -2.20. The van der Waals surface area contributed by atoms with Gasteiger partial charge in [0.1, 0.15) is 5.70 Å². The zero-order chi connectivity index (χ0) is 17.5. The highest BCUT2D eigenvalue weighted by Gasteiger charge is 2.17. The molecular formula is C20H24N2O2. The normalized spacial score (nSPS) is 11.4. The Hall–Kier alpha value is -2.62. The molecule has 1 heterocycles. The number of amides is 1. The third-order valence-electron chi connectivity index (χ3n) is 3.88. The minimum Gasteiger partial charge on any atom is -0.340 e. The van der Waals surface area contributed by atoms with Crippen molar-refractivity contribution in [2.75, 3.05) is 13.6 Å². The van der Waals surface area contributed by atoms with E-state index in [4.69, 9.17) is 0 Å². The molecule has 0 aliphatic heterocycles. The van der Waals surface area contributed by atoms with Crippen LogP contribution >= 0.6 is 0 Å². The van der Waals surface area contributed by atoms with E-state index in [1.54, 1.807) is 36.4 Å². The third-order valence-corrected chi connectivity index (χ3v) is 3.88. The standard InChI is InChI=1S/C20H24N2O2/c1-4-5-13-21(3)20(24)18(22-14-7-6-8-19(22)23)15-17-11-9-16(2)10-12-17/h6-12,14-15H,4-5,13H2,1-3H3/b18-15+. The van der Waals surface area contributed by atoms with Crippen LogP contribution in [0.4, 0.5) is 0 Å². The summed E-state index contributed by atoms with van der Waals surface area (Å²) in [6, 6.07) is 12.8. The van der Waals surface area contributed by atoms with Gasteiger partial charge in [-0.25, -0.2) is 0 Å². The molecule has 0 radical (unpaired) electrons. The minimum absolute atomic E-state index is 0.155. The smallest absolute Gasteiger partial charge is 0.270 e. The summed E-state index contributed by atoms with van der Waals surface area (Å²) in [5.41, 5.74) is 2.19. The average Bonchev–Trinajstić information content (AvgIpc) is 2.59. The van der Waals surface area contributed by atoms with Gasteiger partial charge < -0.3 is 4.90 Å². The van der Waals surface area contributed by atoms with Gasteiger partial charge in [-0.2, -0.15) is 0 Å². The molecular weight excluding hydrogens is 300 g/mol. The van der Waals surface area contributed by atoms with Crippen molar-refractivity contribution < 1.29 is 4.79 Å². The van der Waals surface area contributed by atoms with Gasteiger partial charge in [-0.15, -0.1) is 0 Å². The fourth-order valence-electron chi connectivity index (χ4n) is 2.37. The summed E-state index contributed by atoms with van der Waals surface area (Å²) in [4.78, 5) is 26.7. The summed E-state index contributed by atoms with van der Waals surface area (Å²) >= 11 is 0. The van der Waals surface area contributed by atoms with Crippen LogP contribution in [0.15, 0.2) is 53.5 Å². The maximum atomic E-state index is 12.9. The second kappa shape index (κ2) is 8.29. The quantitative estimate of drug-likeness (QED) is 0.764. The molecule has 4 heteroatoms. The fraction of sp³-hybridized carbons (Fsp3) is 0.300. The van der Waals surface area contributed by atoms with Gasteiger partial charge in [0.2, 0.25) is 0 Å². The average molecular weight is 324 g/mol. The van der Waals surface area contributed by atoms with Crippen LogP contribution in [0, 0.1) is 6.92 Å². The van der Waals surface area contributed by atoms with Crippen molar-refractivity contribution in [3.05, 3.63) is 70.1 Å². The van der Waals surface area contributed by atoms with E-state index in [1.807, 2.05) is 31.2 Å². The van der Waals surface area contributed by atoms with E-state index in [9.17, 15) is 9.59 Å². The van der Waals surface area contributed by atoms with Gasteiger partial charge in [0.15, 0.2) is 0 Å². The first-order chi connectivity index (χ1) is 11.5. The van der Waals surface area contributed by atoms with E-state index in [2.05, 4.69) is 6.92 Å². The van der Waals surface area contributed by atoms with Gasteiger partial charge in [-0.05, 0) is 31.1 Å². The molecule has 0 fully saturated rings. The molecule has 0 saturated heterocycles. The number of carbonyl (C=O) groups excluding carboxylic acids is 1. The molecule has 1 aromatic heterocycles. The molecule has 0 aliphatic rings. The van der Waals surface area contributed by atoms with E-state index in [1.165, 1.54) is 10.6 Å². The second-order valence-electron chi connectivity index (χ2n) is 5.93. The van der Waals surface area contributed by atoms with Crippen molar-refractivity contribution in [1.82, 2.24) is 9.47 Å². The molecule has 0 atom stereocenters. The van der Waals surface area contributed by atoms with E-state index >= 15 is 0 Å². The number of unbranched alkanes of at least 4 members (excludes halogenated alkanes) is 1. The third kappa shape index (κ3) is 4.44. The van der Waals surface area contributed by atoms with Crippen LogP contribution in [-0.4, -0.2) is 29.0 Å². The minimum atomic E-state index is -0.215. The molecule has 0 N–H and O–H groups in total. The van der Waals surface area contributed by atoms with Crippen LogP contribution in [0.2, 0.25) is 0 Å². The molecule has 4 nitrogen and oxygen atoms in total. The zero-order valence-electron chi connectivity index (χ0n) is 14.5. The van der Waals surface area contributed by atoms with Crippen molar-refractivity contribution in [1.29, 1.82) is 0 Å². The maximum absolute atomic E-state index is 12.9. The number of hydrogen-bond donors (Lipinski definition) is 0. The number of hydrogen-bond acceptors (Lipinski definition) is 2. The van der Waals surface area contributed by atoms with Crippen LogP contribution in [0.25, 0.3) is 11.8 Å². The Morgan fingerprint density at radius 2 is 1.88 bits per heavy atom. The zero-order valence-corrected chi connectivity index (χ0v) is 14.5. The molecule has 24 heavy (non-hydrogen) atoms. The molecule has 0 aliphatic carbocycles. The molecule has 2 rings (SSSR count). The SMILES string of the molecule is CCCCN(C)C(=O)/C(=C\c1ccc(C)cc1)n1ccccc1=O. The number of likely N-dealkylation sites (N-methyl/N-ethyl adjacent to an activating group) is 1. The lowest BCUT2D eigenvalue weighted by Crippen LogP contribution is -2.33. The molecule has 1 aromatic carbocycles. The Morgan fingerprint density at radius 3 is 2.50 bits per heavy atom. The first-order valence-electron chi connectivity index (χ1n) is 8.25. The summed E-state index contributed by atoms with van der Waals surface area (Å²) < 4.78 is 1.41. The number of rotatable bonds is 6. The van der Waals surface area contributed by atoms with Gasteiger partial charge in [0.25, 0.3) is 11.5 Å². The van der Waals surface area contributed by atoms with Crippen LogP contribution in [0.5, 0.6) is 0 Å². The summed E-state index contributed by atoms with van der Waals surface area (Å²) in [6.45, 7) is 4.77. The molecule has 126 valence electrons. The molecule has 2 aromatic rings. The number of aryl methyl sites for hydroxylation is 1. The predicted molar refractivity (Wildman–Crippen MR) is 98.6 cm³/mol. The van der Waals surface area contributed by atoms with Crippen molar-refractivity contribution in [2.45, 2.75) is 26.7 Å². The Labute approximate surface area is 143 Å². The van der Waals surface area contributed by atoms with Crippen molar-refractivity contribution in [3.8, 4) is 0 Å². The lowest BCUT2D eigenvalue weighted by atomic mass is 10.1. The highest BCUT2D eigenvalue weighted by molar-refractivity contribution is 6.18.